The van der Waals surface area contributed by atoms with Crippen LogP contribution in [0.5, 0.6) is 0 Å². The minimum Gasteiger partial charge on any atom is -0.478 e. The van der Waals surface area contributed by atoms with Crippen LogP contribution in [0, 0.1) is 15.9 Å². The van der Waals surface area contributed by atoms with E-state index in [1.54, 1.807) is 0 Å². The van der Waals surface area contributed by atoms with Crippen molar-refractivity contribution >= 4 is 28.1 Å². The summed E-state index contributed by atoms with van der Waals surface area (Å²) in [5.74, 6) is -2.86. The summed E-state index contributed by atoms with van der Waals surface area (Å²) in [6.07, 6.45) is 1.07. The number of nitro benzene ring substituents is 1. The van der Waals surface area contributed by atoms with Gasteiger partial charge < -0.3 is 5.11 Å². The molecule has 1 aromatic rings. The minimum atomic E-state index is -3.31. The Hall–Kier alpha value is -1.91. The summed E-state index contributed by atoms with van der Waals surface area (Å²) in [6.45, 7) is 0.0828. The Morgan fingerprint density at radius 3 is 2.57 bits per heavy atom. The van der Waals surface area contributed by atoms with E-state index in [0.29, 0.717) is 18.9 Å². The normalized spacial score (nSPS) is 19.1. The first-order chi connectivity index (χ1) is 9.74. The average molecular weight is 320 g/mol. The predicted molar refractivity (Wildman–Crippen MR) is 74.3 cm³/mol. The first kappa shape index (κ1) is 15.5. The van der Waals surface area contributed by atoms with Gasteiger partial charge in [-0.2, -0.15) is 0 Å². The molecule has 0 radical (unpaired) electrons. The molecule has 0 amide bonds. The molecule has 1 aliphatic heterocycles. The van der Waals surface area contributed by atoms with Crippen molar-refractivity contribution in [3.05, 3.63) is 33.6 Å². The van der Waals surface area contributed by atoms with Gasteiger partial charge in [-0.15, -0.1) is 10.8 Å². The number of nitro groups is 1. The molecule has 1 aromatic carbocycles. The molecule has 3 N–H and O–H groups in total. The monoisotopic (exact) mass is 320 g/mol. The molecule has 0 saturated carbocycles. The van der Waals surface area contributed by atoms with E-state index in [1.165, 1.54) is 0 Å². The highest BCUT2D eigenvalue weighted by Crippen LogP contribution is 2.51. The smallest absolute Gasteiger partial charge is 0.339 e. The average Bonchev–Trinajstić information content (AvgIpc) is 2.38. The first-order valence-corrected chi connectivity index (χ1v) is 7.66. The Kier molecular flexibility index (Phi) is 4.03. The molecule has 1 aliphatic rings. The van der Waals surface area contributed by atoms with Crippen molar-refractivity contribution in [3.8, 4) is 0 Å². The van der Waals surface area contributed by atoms with E-state index in [9.17, 15) is 28.4 Å². The van der Waals surface area contributed by atoms with Gasteiger partial charge in [0.25, 0.3) is 5.69 Å². The number of carboxylic acids is 1. The SMILES string of the molecule is O=C(O)c1cc([N+](=O)[O-])cc(N2CCCCS2(O)O)c1F. The number of hydrogen-bond donors (Lipinski definition) is 3. The maximum atomic E-state index is 14.2. The van der Waals surface area contributed by atoms with Gasteiger partial charge in [0.2, 0.25) is 0 Å². The number of hydrogen-bond acceptors (Lipinski definition) is 6. The Bertz CT molecular complexity index is 609. The molecular weight excluding hydrogens is 307 g/mol. The quantitative estimate of drug-likeness (QED) is 0.577. The summed E-state index contributed by atoms with van der Waals surface area (Å²) in [5, 5.41) is 19.8. The highest BCUT2D eigenvalue weighted by molar-refractivity contribution is 8.25. The van der Waals surface area contributed by atoms with Crippen LogP contribution in [0.3, 0.4) is 0 Å². The number of nitrogens with zero attached hydrogens (tertiary/aromatic N) is 2. The van der Waals surface area contributed by atoms with Gasteiger partial charge >= 0.3 is 5.97 Å². The third-order valence-electron chi connectivity index (χ3n) is 3.13. The third kappa shape index (κ3) is 2.91. The van der Waals surface area contributed by atoms with E-state index in [-0.39, 0.29) is 12.3 Å². The molecule has 116 valence electrons. The van der Waals surface area contributed by atoms with Crippen LogP contribution in [0.15, 0.2) is 12.1 Å². The number of halogens is 1. The molecule has 1 fully saturated rings. The molecule has 0 spiro atoms. The molecule has 21 heavy (non-hydrogen) atoms. The Labute approximate surface area is 120 Å². The van der Waals surface area contributed by atoms with Gasteiger partial charge in [-0.05, 0) is 12.8 Å². The van der Waals surface area contributed by atoms with Crippen molar-refractivity contribution in [1.82, 2.24) is 0 Å². The van der Waals surface area contributed by atoms with Crippen LogP contribution in [0.2, 0.25) is 0 Å². The Balaban J connectivity index is 2.61. The van der Waals surface area contributed by atoms with Crippen LogP contribution in [-0.4, -0.2) is 37.4 Å². The lowest BCUT2D eigenvalue weighted by molar-refractivity contribution is -0.384. The van der Waals surface area contributed by atoms with Gasteiger partial charge in [0, 0.05) is 18.7 Å². The number of rotatable bonds is 3. The zero-order valence-electron chi connectivity index (χ0n) is 10.7. The summed E-state index contributed by atoms with van der Waals surface area (Å²) in [4.78, 5) is 21.0. The number of anilines is 1. The summed E-state index contributed by atoms with van der Waals surface area (Å²) in [6, 6.07) is 1.43. The standard InChI is InChI=1S/C11H13FN2O6S/c12-10-8(11(15)16)5-7(14(17)18)6-9(10)13-3-1-2-4-21(13,19)20/h5-6,19-20H,1-4H2,(H,15,16). The van der Waals surface area contributed by atoms with Crippen molar-refractivity contribution in [3.63, 3.8) is 0 Å². The van der Waals surface area contributed by atoms with Crippen molar-refractivity contribution in [2.75, 3.05) is 16.6 Å². The largest absolute Gasteiger partial charge is 0.478 e. The first-order valence-electron chi connectivity index (χ1n) is 5.99. The zero-order chi connectivity index (χ0) is 15.8. The Morgan fingerprint density at radius 1 is 1.38 bits per heavy atom. The molecule has 0 aromatic heterocycles. The summed E-state index contributed by atoms with van der Waals surface area (Å²) in [5.41, 5.74) is -1.97. The lowest BCUT2D eigenvalue weighted by Gasteiger charge is -2.47. The van der Waals surface area contributed by atoms with Gasteiger partial charge in [-0.1, -0.05) is 0 Å². The van der Waals surface area contributed by atoms with Crippen LogP contribution in [0.4, 0.5) is 15.8 Å². The van der Waals surface area contributed by atoms with Crippen molar-refractivity contribution in [1.29, 1.82) is 0 Å². The molecule has 2 rings (SSSR count). The number of non-ortho nitro benzene ring substituents is 1. The molecule has 10 heteroatoms. The lowest BCUT2D eigenvalue weighted by Crippen LogP contribution is -2.35. The number of carbonyl (C=O) groups is 1. The fourth-order valence-electron chi connectivity index (χ4n) is 2.12. The van der Waals surface area contributed by atoms with E-state index in [0.717, 1.165) is 10.4 Å². The fraction of sp³-hybridized carbons (Fsp3) is 0.364. The van der Waals surface area contributed by atoms with Crippen molar-refractivity contribution in [2.24, 2.45) is 0 Å². The fourth-order valence-corrected chi connectivity index (χ4v) is 3.80. The van der Waals surface area contributed by atoms with Crippen LogP contribution < -0.4 is 4.31 Å². The molecule has 0 atom stereocenters. The minimum absolute atomic E-state index is 0.0114. The van der Waals surface area contributed by atoms with Crippen LogP contribution in [0.1, 0.15) is 23.2 Å². The molecule has 0 unspecified atom stereocenters. The third-order valence-corrected chi connectivity index (χ3v) is 5.05. The second-order valence-electron chi connectivity index (χ2n) is 4.53. The second kappa shape index (κ2) is 5.47. The topological polar surface area (TPSA) is 124 Å². The maximum absolute atomic E-state index is 14.2. The van der Waals surface area contributed by atoms with E-state index in [2.05, 4.69) is 0 Å². The highest BCUT2D eigenvalue weighted by atomic mass is 32.3. The molecule has 1 saturated heterocycles. The van der Waals surface area contributed by atoms with Gasteiger partial charge in [0.15, 0.2) is 5.82 Å². The van der Waals surface area contributed by atoms with Gasteiger partial charge in [-0.3, -0.25) is 23.5 Å². The van der Waals surface area contributed by atoms with E-state index in [4.69, 9.17) is 5.11 Å². The van der Waals surface area contributed by atoms with E-state index >= 15 is 0 Å². The maximum Gasteiger partial charge on any atom is 0.339 e. The molecule has 0 bridgehead atoms. The Morgan fingerprint density at radius 2 is 2.05 bits per heavy atom. The lowest BCUT2D eigenvalue weighted by atomic mass is 10.1. The number of carboxylic acid groups (broad SMARTS) is 1. The molecule has 0 aliphatic carbocycles. The van der Waals surface area contributed by atoms with Crippen molar-refractivity contribution < 1.29 is 28.3 Å². The van der Waals surface area contributed by atoms with Crippen LogP contribution >= 0.6 is 10.8 Å². The summed E-state index contributed by atoms with van der Waals surface area (Å²) in [7, 11) is -3.31. The van der Waals surface area contributed by atoms with Crippen molar-refractivity contribution in [2.45, 2.75) is 12.8 Å². The van der Waals surface area contributed by atoms with Gasteiger partial charge in [0.1, 0.15) is 11.3 Å². The molecule has 1 heterocycles. The molecule has 8 nitrogen and oxygen atoms in total. The predicted octanol–water partition coefficient (Wildman–Crippen LogP) is 2.70. The number of benzene rings is 1. The second-order valence-corrected chi connectivity index (χ2v) is 6.65. The van der Waals surface area contributed by atoms with Crippen LogP contribution in [0.25, 0.3) is 0 Å². The summed E-state index contributed by atoms with van der Waals surface area (Å²) >= 11 is 0. The molecular formula is C11H13FN2O6S. The highest BCUT2D eigenvalue weighted by Gasteiger charge is 2.32. The van der Waals surface area contributed by atoms with Gasteiger partial charge in [0.05, 0.1) is 10.7 Å². The van der Waals surface area contributed by atoms with Crippen LogP contribution in [-0.2, 0) is 0 Å². The van der Waals surface area contributed by atoms with E-state index in [1.807, 2.05) is 0 Å². The zero-order valence-corrected chi connectivity index (χ0v) is 11.5. The van der Waals surface area contributed by atoms with E-state index < -0.39 is 44.4 Å². The number of aromatic carboxylic acids is 1. The summed E-state index contributed by atoms with van der Waals surface area (Å²) < 4.78 is 35.1. The van der Waals surface area contributed by atoms with Gasteiger partial charge in [-0.25, -0.2) is 9.18 Å².